The van der Waals surface area contributed by atoms with Gasteiger partial charge in [-0.15, -0.1) is 0 Å². The van der Waals surface area contributed by atoms with E-state index in [4.69, 9.17) is 4.84 Å². The summed E-state index contributed by atoms with van der Waals surface area (Å²) in [7, 11) is 0. The second-order valence-corrected chi connectivity index (χ2v) is 6.00. The molecule has 2 aromatic heterocycles. The van der Waals surface area contributed by atoms with Gasteiger partial charge in [0.15, 0.2) is 5.69 Å². The molecular weight excluding hydrogens is 428 g/mol. The molecule has 0 unspecified atom stereocenters. The third-order valence-corrected chi connectivity index (χ3v) is 3.84. The van der Waals surface area contributed by atoms with Crippen LogP contribution in [0.1, 0.15) is 17.4 Å². The van der Waals surface area contributed by atoms with Gasteiger partial charge in [-0.1, -0.05) is 0 Å². The first-order valence-corrected chi connectivity index (χ1v) is 8.13. The highest BCUT2D eigenvalue weighted by Crippen LogP contribution is 2.24. The molecular formula is C15H13FIN5O2. The molecule has 0 spiro atoms. The summed E-state index contributed by atoms with van der Waals surface area (Å²) in [5.74, 6) is -0.682. The van der Waals surface area contributed by atoms with Crippen LogP contribution in [0, 0.1) is 9.39 Å². The van der Waals surface area contributed by atoms with Gasteiger partial charge in [0, 0.05) is 3.57 Å². The molecule has 3 rings (SSSR count). The Morgan fingerprint density at radius 2 is 2.25 bits per heavy atom. The molecule has 0 saturated carbocycles. The molecule has 1 aromatic carbocycles. The van der Waals surface area contributed by atoms with Gasteiger partial charge in [0.2, 0.25) is 0 Å². The van der Waals surface area contributed by atoms with Crippen molar-refractivity contribution in [3.63, 3.8) is 0 Å². The number of hydrogen-bond acceptors (Lipinski definition) is 5. The summed E-state index contributed by atoms with van der Waals surface area (Å²) in [6.07, 6.45) is 4.61. The van der Waals surface area contributed by atoms with Crippen molar-refractivity contribution < 1.29 is 14.0 Å². The fourth-order valence-corrected chi connectivity index (χ4v) is 2.54. The third-order valence-electron chi connectivity index (χ3n) is 3.17. The van der Waals surface area contributed by atoms with E-state index in [1.165, 1.54) is 18.6 Å². The van der Waals surface area contributed by atoms with Crippen LogP contribution < -0.4 is 10.8 Å². The Hall–Kier alpha value is -2.27. The zero-order valence-corrected chi connectivity index (χ0v) is 14.7. The van der Waals surface area contributed by atoms with E-state index in [0.717, 1.165) is 3.57 Å². The van der Waals surface area contributed by atoms with E-state index >= 15 is 0 Å². The molecule has 2 N–H and O–H groups in total. The van der Waals surface area contributed by atoms with Crippen molar-refractivity contribution in [3.05, 3.63) is 52.0 Å². The Labute approximate surface area is 150 Å². The van der Waals surface area contributed by atoms with Crippen LogP contribution in [0.5, 0.6) is 0 Å². The first kappa shape index (κ1) is 16.6. The molecule has 0 saturated heterocycles. The maximum Gasteiger partial charge on any atom is 0.297 e. The molecule has 0 atom stereocenters. The summed E-state index contributed by atoms with van der Waals surface area (Å²) < 4.78 is 16.5. The first-order chi connectivity index (χ1) is 11.6. The van der Waals surface area contributed by atoms with Crippen molar-refractivity contribution in [3.8, 4) is 0 Å². The van der Waals surface area contributed by atoms with Crippen molar-refractivity contribution in [1.29, 1.82) is 0 Å². The maximum absolute atomic E-state index is 14.2. The van der Waals surface area contributed by atoms with Gasteiger partial charge in [-0.2, -0.15) is 0 Å². The van der Waals surface area contributed by atoms with Crippen molar-refractivity contribution in [1.82, 2.24) is 19.8 Å². The molecule has 3 aromatic rings. The number of imidazole rings is 1. The molecule has 2 heterocycles. The summed E-state index contributed by atoms with van der Waals surface area (Å²) in [6, 6.07) is 4.74. The number of hydrogen-bond donors (Lipinski definition) is 2. The van der Waals surface area contributed by atoms with Gasteiger partial charge in [-0.25, -0.2) is 19.8 Å². The second kappa shape index (κ2) is 7.09. The standard InChI is InChI=1S/C15H13FIN5O2/c1-2-24-21-15(23)13-14(22-8-18-6-10(22)7-19-13)20-12-4-3-9(17)5-11(12)16/h3-8,20H,2H2,1H3,(H,21,23). The fraction of sp³-hybridized carbons (Fsp3) is 0.133. The lowest BCUT2D eigenvalue weighted by molar-refractivity contribution is 0.0360. The normalized spacial score (nSPS) is 10.8. The highest BCUT2D eigenvalue weighted by Gasteiger charge is 2.18. The van der Waals surface area contributed by atoms with Gasteiger partial charge < -0.3 is 5.32 Å². The van der Waals surface area contributed by atoms with Crippen molar-refractivity contribution in [2.45, 2.75) is 6.92 Å². The van der Waals surface area contributed by atoms with E-state index in [2.05, 4.69) is 20.8 Å². The number of aromatic nitrogens is 3. The van der Waals surface area contributed by atoms with Gasteiger partial charge in [0.25, 0.3) is 5.91 Å². The van der Waals surface area contributed by atoms with Gasteiger partial charge in [0.1, 0.15) is 18.0 Å². The van der Waals surface area contributed by atoms with E-state index in [0.29, 0.717) is 17.9 Å². The number of carbonyl (C=O) groups excluding carboxylic acids is 1. The second-order valence-electron chi connectivity index (χ2n) is 4.76. The molecule has 124 valence electrons. The van der Waals surface area contributed by atoms with Crippen LogP contribution in [0.25, 0.3) is 5.52 Å². The Morgan fingerprint density at radius 3 is 3.00 bits per heavy atom. The molecule has 0 fully saturated rings. The smallest absolute Gasteiger partial charge is 0.297 e. The van der Waals surface area contributed by atoms with Gasteiger partial charge in [-0.3, -0.25) is 14.0 Å². The molecule has 0 bridgehead atoms. The Bertz CT molecular complexity index is 899. The minimum Gasteiger partial charge on any atom is -0.337 e. The average Bonchev–Trinajstić information content (AvgIpc) is 3.04. The van der Waals surface area contributed by atoms with E-state index in [1.807, 2.05) is 22.6 Å². The topological polar surface area (TPSA) is 80.5 Å². The molecule has 9 heteroatoms. The SMILES string of the molecule is CCONC(=O)c1ncc2cncn2c1Nc1ccc(I)cc1F. The largest absolute Gasteiger partial charge is 0.337 e. The Kier molecular flexibility index (Phi) is 4.90. The average molecular weight is 441 g/mol. The van der Waals surface area contributed by atoms with Crippen LogP contribution >= 0.6 is 22.6 Å². The van der Waals surface area contributed by atoms with E-state index in [9.17, 15) is 9.18 Å². The van der Waals surface area contributed by atoms with Gasteiger partial charge in [-0.05, 0) is 47.7 Å². The van der Waals surface area contributed by atoms with E-state index in [-0.39, 0.29) is 11.4 Å². The number of hydroxylamine groups is 1. The molecule has 0 aliphatic heterocycles. The number of halogens is 2. The molecule has 0 aliphatic carbocycles. The van der Waals surface area contributed by atoms with Crippen LogP contribution in [0.15, 0.2) is 36.9 Å². The lowest BCUT2D eigenvalue weighted by atomic mass is 10.3. The first-order valence-electron chi connectivity index (χ1n) is 7.05. The lowest BCUT2D eigenvalue weighted by Crippen LogP contribution is -2.26. The van der Waals surface area contributed by atoms with Crippen LogP contribution in [0.3, 0.4) is 0 Å². The summed E-state index contributed by atoms with van der Waals surface area (Å²) in [4.78, 5) is 25.3. The van der Waals surface area contributed by atoms with Crippen LogP contribution in [-0.2, 0) is 4.84 Å². The molecule has 1 amide bonds. The number of anilines is 2. The Balaban J connectivity index is 2.06. The van der Waals surface area contributed by atoms with Crippen molar-refractivity contribution >= 4 is 45.5 Å². The summed E-state index contributed by atoms with van der Waals surface area (Å²) in [5, 5.41) is 2.92. The zero-order chi connectivity index (χ0) is 17.1. The molecule has 24 heavy (non-hydrogen) atoms. The van der Waals surface area contributed by atoms with E-state index in [1.54, 1.807) is 29.7 Å². The summed E-state index contributed by atoms with van der Waals surface area (Å²) >= 11 is 2.02. The molecule has 0 radical (unpaired) electrons. The number of amides is 1. The summed E-state index contributed by atoms with van der Waals surface area (Å²) in [6.45, 7) is 2.06. The number of rotatable bonds is 5. The van der Waals surface area contributed by atoms with Gasteiger partial charge in [0.05, 0.1) is 30.2 Å². The minimum atomic E-state index is -0.541. The number of nitrogens with one attached hydrogen (secondary N) is 2. The number of benzene rings is 1. The monoisotopic (exact) mass is 441 g/mol. The highest BCUT2D eigenvalue weighted by molar-refractivity contribution is 14.1. The van der Waals surface area contributed by atoms with Crippen LogP contribution in [0.2, 0.25) is 0 Å². The number of carbonyl (C=O) groups is 1. The lowest BCUT2D eigenvalue weighted by Gasteiger charge is -2.14. The maximum atomic E-state index is 14.2. The molecule has 7 nitrogen and oxygen atoms in total. The predicted octanol–water partition coefficient (Wildman–Crippen LogP) is 2.90. The van der Waals surface area contributed by atoms with E-state index < -0.39 is 11.7 Å². The third kappa shape index (κ3) is 3.31. The number of fused-ring (bicyclic) bond motifs is 1. The number of nitrogens with zero attached hydrogens (tertiary/aromatic N) is 3. The Morgan fingerprint density at radius 1 is 1.42 bits per heavy atom. The fourth-order valence-electron chi connectivity index (χ4n) is 2.08. The summed E-state index contributed by atoms with van der Waals surface area (Å²) in [5.41, 5.74) is 3.24. The quantitative estimate of drug-likeness (QED) is 0.470. The van der Waals surface area contributed by atoms with Crippen molar-refractivity contribution in [2.24, 2.45) is 0 Å². The highest BCUT2D eigenvalue weighted by atomic mass is 127. The molecule has 0 aliphatic rings. The zero-order valence-electron chi connectivity index (χ0n) is 12.6. The van der Waals surface area contributed by atoms with Crippen LogP contribution in [0.4, 0.5) is 15.9 Å². The minimum absolute atomic E-state index is 0.0619. The van der Waals surface area contributed by atoms with Crippen molar-refractivity contribution in [2.75, 3.05) is 11.9 Å². The predicted molar refractivity (Wildman–Crippen MR) is 94.5 cm³/mol. The van der Waals surface area contributed by atoms with Gasteiger partial charge >= 0.3 is 0 Å². The van der Waals surface area contributed by atoms with Crippen LogP contribution in [-0.4, -0.2) is 26.9 Å².